The summed E-state index contributed by atoms with van der Waals surface area (Å²) in [6.07, 6.45) is 4.06. The molecular weight excluding hydrogens is 302 g/mol. The molecule has 0 unspecified atom stereocenters. The van der Waals surface area contributed by atoms with Gasteiger partial charge in [0.25, 0.3) is 0 Å². The third kappa shape index (κ3) is 4.80. The first-order valence-electron chi connectivity index (χ1n) is 8.44. The minimum atomic E-state index is 0.0116. The van der Waals surface area contributed by atoms with Crippen LogP contribution in [0.3, 0.4) is 0 Å². The molecule has 5 heteroatoms. The summed E-state index contributed by atoms with van der Waals surface area (Å²) in [6, 6.07) is 14.1. The number of morpholine rings is 1. The number of nitrogens with zero attached hydrogens (tertiary/aromatic N) is 2. The quantitative estimate of drug-likeness (QED) is 0.887. The summed E-state index contributed by atoms with van der Waals surface area (Å²) in [5.74, 6) is 0.620. The average molecular weight is 325 g/mol. The molecule has 1 aliphatic rings. The zero-order chi connectivity index (χ0) is 16.6. The van der Waals surface area contributed by atoms with Gasteiger partial charge in [0.1, 0.15) is 5.82 Å². The smallest absolute Gasteiger partial charge is 0.225 e. The van der Waals surface area contributed by atoms with Crippen molar-refractivity contribution in [3.05, 3.63) is 54.2 Å². The lowest BCUT2D eigenvalue weighted by molar-refractivity contribution is -0.116. The number of carbonyl (C=O) groups is 1. The Morgan fingerprint density at radius 3 is 2.62 bits per heavy atom. The molecule has 1 N–H and O–H groups in total. The summed E-state index contributed by atoms with van der Waals surface area (Å²) >= 11 is 0. The van der Waals surface area contributed by atoms with Gasteiger partial charge in [0, 0.05) is 19.5 Å². The fraction of sp³-hybridized carbons (Fsp3) is 0.368. The Morgan fingerprint density at radius 1 is 1.12 bits per heavy atom. The molecule has 0 saturated carbocycles. The van der Waals surface area contributed by atoms with Gasteiger partial charge in [-0.1, -0.05) is 30.3 Å². The summed E-state index contributed by atoms with van der Waals surface area (Å²) < 4.78 is 5.35. The Labute approximate surface area is 142 Å². The van der Waals surface area contributed by atoms with Crippen LogP contribution in [0.4, 0.5) is 11.5 Å². The Morgan fingerprint density at radius 2 is 1.92 bits per heavy atom. The molecule has 126 valence electrons. The molecule has 0 atom stereocenters. The summed E-state index contributed by atoms with van der Waals surface area (Å²) in [5.41, 5.74) is 2.33. The molecule has 5 nitrogen and oxygen atoms in total. The van der Waals surface area contributed by atoms with Crippen LogP contribution in [0.1, 0.15) is 18.4 Å². The highest BCUT2D eigenvalue weighted by Crippen LogP contribution is 2.16. The van der Waals surface area contributed by atoms with Crippen molar-refractivity contribution in [2.24, 2.45) is 0 Å². The standard InChI is InChI=1S/C19H23N3O2/c23-19(8-4-7-16-5-2-1-3-6-16)21-18-10-9-17(15-20-18)22-11-13-24-14-12-22/h1-3,5-6,9-10,15H,4,7-8,11-14H2,(H,20,21,23). The molecule has 0 radical (unpaired) electrons. The van der Waals surface area contributed by atoms with Crippen molar-refractivity contribution in [1.82, 2.24) is 4.98 Å². The highest BCUT2D eigenvalue weighted by molar-refractivity contribution is 5.89. The van der Waals surface area contributed by atoms with Crippen LogP contribution in [0.5, 0.6) is 0 Å². The maximum atomic E-state index is 12.0. The second kappa shape index (κ2) is 8.45. The largest absolute Gasteiger partial charge is 0.378 e. The van der Waals surface area contributed by atoms with E-state index in [2.05, 4.69) is 27.3 Å². The number of pyridine rings is 1. The number of nitrogens with one attached hydrogen (secondary N) is 1. The van der Waals surface area contributed by atoms with Gasteiger partial charge >= 0.3 is 0 Å². The lowest BCUT2D eigenvalue weighted by Gasteiger charge is -2.28. The maximum Gasteiger partial charge on any atom is 0.225 e. The molecule has 0 spiro atoms. The Balaban J connectivity index is 1.44. The molecule has 2 aromatic rings. The summed E-state index contributed by atoms with van der Waals surface area (Å²) in [6.45, 7) is 3.26. The number of rotatable bonds is 6. The van der Waals surface area contributed by atoms with Crippen LogP contribution in [0, 0.1) is 0 Å². The number of carbonyl (C=O) groups excluding carboxylic acids is 1. The molecule has 1 aromatic carbocycles. The number of ether oxygens (including phenoxy) is 1. The zero-order valence-electron chi connectivity index (χ0n) is 13.8. The second-order valence-corrected chi connectivity index (χ2v) is 5.89. The number of benzene rings is 1. The van der Waals surface area contributed by atoms with Gasteiger partial charge in [0.05, 0.1) is 25.1 Å². The third-order valence-electron chi connectivity index (χ3n) is 4.10. The number of aromatic nitrogens is 1. The predicted molar refractivity (Wildman–Crippen MR) is 95.3 cm³/mol. The minimum Gasteiger partial charge on any atom is -0.378 e. The molecular formula is C19H23N3O2. The molecule has 24 heavy (non-hydrogen) atoms. The van der Waals surface area contributed by atoms with Crippen LogP contribution in [-0.4, -0.2) is 37.2 Å². The van der Waals surface area contributed by atoms with Gasteiger partial charge in [-0.3, -0.25) is 4.79 Å². The van der Waals surface area contributed by atoms with Crippen molar-refractivity contribution in [1.29, 1.82) is 0 Å². The van der Waals surface area contributed by atoms with Crippen molar-refractivity contribution in [2.75, 3.05) is 36.5 Å². The van der Waals surface area contributed by atoms with Crippen LogP contribution in [0.15, 0.2) is 48.7 Å². The van der Waals surface area contributed by atoms with Crippen molar-refractivity contribution in [2.45, 2.75) is 19.3 Å². The van der Waals surface area contributed by atoms with Gasteiger partial charge in [0.2, 0.25) is 5.91 Å². The average Bonchev–Trinajstić information content (AvgIpc) is 2.64. The Bertz CT molecular complexity index is 637. The van der Waals surface area contributed by atoms with E-state index in [1.165, 1.54) is 5.56 Å². The number of hydrogen-bond acceptors (Lipinski definition) is 4. The molecule has 2 heterocycles. The van der Waals surface area contributed by atoms with Gasteiger partial charge in [-0.15, -0.1) is 0 Å². The number of hydrogen-bond donors (Lipinski definition) is 1. The van der Waals surface area contributed by atoms with Crippen LogP contribution >= 0.6 is 0 Å². The van der Waals surface area contributed by atoms with Crippen LogP contribution in [0.25, 0.3) is 0 Å². The molecule has 0 bridgehead atoms. The molecule has 1 fully saturated rings. The van der Waals surface area contributed by atoms with Crippen molar-refractivity contribution >= 4 is 17.4 Å². The van der Waals surface area contributed by atoms with Crippen molar-refractivity contribution in [3.8, 4) is 0 Å². The van der Waals surface area contributed by atoms with Gasteiger partial charge < -0.3 is 15.0 Å². The molecule has 3 rings (SSSR count). The van der Waals surface area contributed by atoms with Gasteiger partial charge in [-0.2, -0.15) is 0 Å². The molecule has 1 amide bonds. The van der Waals surface area contributed by atoms with Crippen molar-refractivity contribution in [3.63, 3.8) is 0 Å². The van der Waals surface area contributed by atoms with E-state index in [1.807, 2.05) is 36.5 Å². The minimum absolute atomic E-state index is 0.0116. The van der Waals surface area contributed by atoms with Crippen LogP contribution in [-0.2, 0) is 16.0 Å². The molecule has 1 aliphatic heterocycles. The molecule has 1 aromatic heterocycles. The molecule has 0 aliphatic carbocycles. The van der Waals surface area contributed by atoms with E-state index in [1.54, 1.807) is 0 Å². The fourth-order valence-corrected chi connectivity index (χ4v) is 2.77. The first-order chi connectivity index (χ1) is 11.8. The number of aryl methyl sites for hydroxylation is 1. The predicted octanol–water partition coefficient (Wildman–Crippen LogP) is 2.88. The summed E-state index contributed by atoms with van der Waals surface area (Å²) in [7, 11) is 0. The first-order valence-corrected chi connectivity index (χ1v) is 8.44. The highest BCUT2D eigenvalue weighted by Gasteiger charge is 2.11. The Hall–Kier alpha value is -2.40. The maximum absolute atomic E-state index is 12.0. The summed E-state index contributed by atoms with van der Waals surface area (Å²) in [5, 5.41) is 2.87. The molecule has 1 saturated heterocycles. The van der Waals surface area contributed by atoms with Gasteiger partial charge in [-0.25, -0.2) is 4.98 Å². The van der Waals surface area contributed by atoms with Gasteiger partial charge in [-0.05, 0) is 30.5 Å². The third-order valence-corrected chi connectivity index (χ3v) is 4.10. The van der Waals surface area contributed by atoms with E-state index in [0.717, 1.165) is 44.8 Å². The zero-order valence-corrected chi connectivity index (χ0v) is 13.8. The normalized spacial score (nSPS) is 14.4. The van der Waals surface area contributed by atoms with E-state index in [4.69, 9.17) is 4.74 Å². The first kappa shape index (κ1) is 16.5. The van der Waals surface area contributed by atoms with Crippen LogP contribution in [0.2, 0.25) is 0 Å². The lowest BCUT2D eigenvalue weighted by Crippen LogP contribution is -2.36. The summed E-state index contributed by atoms with van der Waals surface area (Å²) in [4.78, 5) is 18.6. The van der Waals surface area contributed by atoms with E-state index in [9.17, 15) is 4.79 Å². The van der Waals surface area contributed by atoms with Crippen molar-refractivity contribution < 1.29 is 9.53 Å². The number of amides is 1. The monoisotopic (exact) mass is 325 g/mol. The van der Waals surface area contributed by atoms with Crippen LogP contribution < -0.4 is 10.2 Å². The fourth-order valence-electron chi connectivity index (χ4n) is 2.77. The van der Waals surface area contributed by atoms with E-state index < -0.39 is 0 Å². The SMILES string of the molecule is O=C(CCCc1ccccc1)Nc1ccc(N2CCOCC2)cn1. The van der Waals surface area contributed by atoms with Gasteiger partial charge in [0.15, 0.2) is 0 Å². The second-order valence-electron chi connectivity index (χ2n) is 5.89. The topological polar surface area (TPSA) is 54.5 Å². The lowest BCUT2D eigenvalue weighted by atomic mass is 10.1. The van der Waals surface area contributed by atoms with E-state index in [0.29, 0.717) is 12.2 Å². The highest BCUT2D eigenvalue weighted by atomic mass is 16.5. The van der Waals surface area contributed by atoms with E-state index in [-0.39, 0.29) is 5.91 Å². The van der Waals surface area contributed by atoms with E-state index >= 15 is 0 Å². The Kier molecular flexibility index (Phi) is 5.80. The number of anilines is 2.